The Morgan fingerprint density at radius 1 is 0.714 bits per heavy atom. The number of benzene rings is 4. The van der Waals surface area contributed by atoms with Gasteiger partial charge in [0, 0.05) is 25.2 Å². The molecule has 4 aromatic rings. The number of hydrogen-bond acceptors (Lipinski definition) is 3. The quantitative estimate of drug-likeness (QED) is 0.148. The van der Waals surface area contributed by atoms with E-state index in [1.165, 1.54) is 0 Å². The molecule has 2 fully saturated rings. The van der Waals surface area contributed by atoms with Crippen molar-refractivity contribution in [1.29, 1.82) is 0 Å². The van der Waals surface area contributed by atoms with Gasteiger partial charge < -0.3 is 4.74 Å². The lowest BCUT2D eigenvalue weighted by Gasteiger charge is -2.36. The van der Waals surface area contributed by atoms with Gasteiger partial charge in [0.2, 0.25) is 0 Å². The topological polar surface area (TPSA) is 49.9 Å². The third-order valence-electron chi connectivity index (χ3n) is 8.39. The van der Waals surface area contributed by atoms with Gasteiger partial charge in [-0.2, -0.15) is 0 Å². The summed E-state index contributed by atoms with van der Waals surface area (Å²) in [6, 6.07) is 39.6. The highest BCUT2D eigenvalue weighted by Gasteiger charge is 2.59. The van der Waals surface area contributed by atoms with Crippen molar-refractivity contribution in [3.63, 3.8) is 0 Å². The standard InChI is InChI=1S/C36H37N2O3P/c39-36(32-21-11-4-12-22-32)41-35(26-25-29-15-5-1-6-16-29)42(40)37(27-30-17-7-2-8-18-30)33-23-13-14-24-34(33)38(42)28-31-19-9-3-10-20-31/h1-12,15-22,25-26,33-35H,13-14,23-24,27-28H2/b26-25+/t33-,34-,35?/m1/s1. The summed E-state index contributed by atoms with van der Waals surface area (Å²) in [5.74, 6) is -1.42. The minimum Gasteiger partial charge on any atom is -0.444 e. The van der Waals surface area contributed by atoms with Crippen LogP contribution in [0.15, 0.2) is 127 Å². The molecule has 3 atom stereocenters. The SMILES string of the molecule is O=C(OC(/C=C/c1ccccc1)P1(=O)N(Cc2ccccc2)[C@@H]2CCCC[C@H]2N1Cc1ccccc1)c1ccccc1. The van der Waals surface area contributed by atoms with Gasteiger partial charge in [-0.05, 0) is 47.7 Å². The monoisotopic (exact) mass is 576 g/mol. The Balaban J connectivity index is 1.47. The van der Waals surface area contributed by atoms with E-state index >= 15 is 4.57 Å². The maximum absolute atomic E-state index is 16.1. The van der Waals surface area contributed by atoms with Crippen molar-refractivity contribution in [3.05, 3.63) is 150 Å². The largest absolute Gasteiger partial charge is 0.444 e. The Hall–Kier alpha value is -3.76. The van der Waals surface area contributed by atoms with E-state index in [0.717, 1.165) is 42.4 Å². The summed E-state index contributed by atoms with van der Waals surface area (Å²) in [7, 11) is -3.51. The fraction of sp³-hybridized carbons (Fsp3) is 0.250. The van der Waals surface area contributed by atoms with E-state index in [-0.39, 0.29) is 12.1 Å². The summed E-state index contributed by atoms with van der Waals surface area (Å²) in [6.07, 6.45) is 7.92. The molecule has 0 aromatic heterocycles. The van der Waals surface area contributed by atoms with E-state index in [2.05, 4.69) is 33.6 Å². The van der Waals surface area contributed by atoms with Gasteiger partial charge in [-0.15, -0.1) is 0 Å². The molecule has 1 saturated heterocycles. The highest BCUT2D eigenvalue weighted by Crippen LogP contribution is 2.68. The molecular formula is C36H37N2O3P. The normalized spacial score (nSPS) is 21.1. The van der Waals surface area contributed by atoms with Gasteiger partial charge >= 0.3 is 5.97 Å². The van der Waals surface area contributed by atoms with E-state index in [4.69, 9.17) is 4.74 Å². The maximum atomic E-state index is 16.1. The number of nitrogens with zero attached hydrogens (tertiary/aromatic N) is 2. The van der Waals surface area contributed by atoms with Crippen LogP contribution < -0.4 is 0 Å². The highest BCUT2D eigenvalue weighted by molar-refractivity contribution is 7.60. The summed E-state index contributed by atoms with van der Waals surface area (Å²) in [6.45, 7) is 1.06. The minimum absolute atomic E-state index is 0.108. The van der Waals surface area contributed by atoms with Crippen LogP contribution in [0.3, 0.4) is 0 Å². The highest BCUT2D eigenvalue weighted by atomic mass is 31.2. The molecule has 0 spiro atoms. The molecule has 1 aliphatic heterocycles. The van der Waals surface area contributed by atoms with Crippen LogP contribution in [0.25, 0.3) is 6.08 Å². The Morgan fingerprint density at radius 2 is 1.17 bits per heavy atom. The second-order valence-corrected chi connectivity index (χ2v) is 13.8. The molecule has 5 nitrogen and oxygen atoms in total. The predicted octanol–water partition coefficient (Wildman–Crippen LogP) is 8.41. The van der Waals surface area contributed by atoms with Crippen LogP contribution in [0.2, 0.25) is 0 Å². The molecule has 4 aromatic carbocycles. The van der Waals surface area contributed by atoms with E-state index in [1.54, 1.807) is 12.1 Å². The van der Waals surface area contributed by atoms with Gasteiger partial charge in [0.05, 0.1) is 5.56 Å². The first-order chi connectivity index (χ1) is 20.6. The zero-order chi connectivity index (χ0) is 28.8. The van der Waals surface area contributed by atoms with E-state index in [0.29, 0.717) is 18.7 Å². The van der Waals surface area contributed by atoms with Gasteiger partial charge in [-0.1, -0.05) is 128 Å². The zero-order valence-electron chi connectivity index (χ0n) is 23.7. The van der Waals surface area contributed by atoms with Crippen LogP contribution >= 0.6 is 7.44 Å². The summed E-state index contributed by atoms with van der Waals surface area (Å²) >= 11 is 0. The molecule has 1 unspecified atom stereocenters. The Labute approximate surface area is 248 Å². The fourth-order valence-corrected chi connectivity index (χ4v) is 9.90. The van der Waals surface area contributed by atoms with Crippen molar-refractivity contribution < 1.29 is 14.1 Å². The molecule has 1 saturated carbocycles. The third kappa shape index (κ3) is 6.05. The van der Waals surface area contributed by atoms with E-state index < -0.39 is 19.3 Å². The molecular weight excluding hydrogens is 539 g/mol. The Morgan fingerprint density at radius 3 is 1.67 bits per heavy atom. The van der Waals surface area contributed by atoms with Gasteiger partial charge in [-0.25, -0.2) is 14.1 Å². The number of esters is 1. The van der Waals surface area contributed by atoms with Crippen LogP contribution in [0.5, 0.6) is 0 Å². The van der Waals surface area contributed by atoms with E-state index in [9.17, 15) is 4.79 Å². The summed E-state index contributed by atoms with van der Waals surface area (Å²) < 4.78 is 26.8. The van der Waals surface area contributed by atoms with Crippen molar-refractivity contribution >= 4 is 19.5 Å². The molecule has 0 N–H and O–H groups in total. The van der Waals surface area contributed by atoms with Crippen molar-refractivity contribution in [2.45, 2.75) is 56.7 Å². The number of hydrogen-bond donors (Lipinski definition) is 0. The van der Waals surface area contributed by atoms with E-state index in [1.807, 2.05) is 97.1 Å². The van der Waals surface area contributed by atoms with Crippen molar-refractivity contribution in [3.8, 4) is 0 Å². The smallest absolute Gasteiger partial charge is 0.339 e. The number of carbonyl (C=O) groups excluding carboxylic acids is 1. The summed E-state index contributed by atoms with van der Waals surface area (Å²) in [4.78, 5) is 13.6. The van der Waals surface area contributed by atoms with Gasteiger partial charge in [-0.3, -0.25) is 4.57 Å². The number of rotatable bonds is 9. The minimum atomic E-state index is -3.51. The Kier molecular flexibility index (Phi) is 8.81. The van der Waals surface area contributed by atoms with Crippen LogP contribution in [-0.2, 0) is 22.4 Å². The molecule has 6 heteroatoms. The average molecular weight is 577 g/mol. The molecule has 1 aliphatic carbocycles. The molecule has 42 heavy (non-hydrogen) atoms. The number of carbonyl (C=O) groups is 1. The number of ether oxygens (including phenoxy) is 1. The second-order valence-electron chi connectivity index (χ2n) is 11.1. The average Bonchev–Trinajstić information content (AvgIpc) is 3.28. The third-order valence-corrected chi connectivity index (χ3v) is 11.7. The molecule has 6 rings (SSSR count). The lowest BCUT2D eigenvalue weighted by Crippen LogP contribution is -2.39. The molecule has 1 heterocycles. The molecule has 0 bridgehead atoms. The van der Waals surface area contributed by atoms with Gasteiger partial charge in [0.15, 0.2) is 5.85 Å². The van der Waals surface area contributed by atoms with Crippen molar-refractivity contribution in [1.82, 2.24) is 9.34 Å². The molecule has 0 radical (unpaired) electrons. The molecule has 0 amide bonds. The van der Waals surface area contributed by atoms with Crippen molar-refractivity contribution in [2.24, 2.45) is 0 Å². The predicted molar refractivity (Wildman–Crippen MR) is 169 cm³/mol. The zero-order valence-corrected chi connectivity index (χ0v) is 24.6. The molecule has 214 valence electrons. The Bertz CT molecular complexity index is 1470. The van der Waals surface area contributed by atoms with Crippen molar-refractivity contribution in [2.75, 3.05) is 0 Å². The van der Waals surface area contributed by atoms with Gasteiger partial charge in [0.25, 0.3) is 7.44 Å². The van der Waals surface area contributed by atoms with Crippen LogP contribution in [0.1, 0.15) is 52.7 Å². The maximum Gasteiger partial charge on any atom is 0.339 e. The lowest BCUT2D eigenvalue weighted by molar-refractivity contribution is 0.0482. The summed E-state index contributed by atoms with van der Waals surface area (Å²) in [5.41, 5.74) is 3.61. The van der Waals surface area contributed by atoms with Crippen LogP contribution in [0, 0.1) is 0 Å². The first-order valence-electron chi connectivity index (χ1n) is 14.8. The second kappa shape index (κ2) is 13.0. The van der Waals surface area contributed by atoms with Crippen LogP contribution in [0.4, 0.5) is 0 Å². The van der Waals surface area contributed by atoms with Crippen LogP contribution in [-0.4, -0.2) is 33.2 Å². The van der Waals surface area contributed by atoms with Gasteiger partial charge in [0.1, 0.15) is 0 Å². The molecule has 2 aliphatic rings. The first kappa shape index (κ1) is 28.4. The summed E-state index contributed by atoms with van der Waals surface area (Å²) in [5, 5.41) is 0. The number of fused-ring (bicyclic) bond motifs is 1. The lowest BCUT2D eigenvalue weighted by atomic mass is 9.90. The first-order valence-corrected chi connectivity index (χ1v) is 16.5. The fourth-order valence-electron chi connectivity index (χ4n) is 6.36.